The average molecular weight is 1390 g/mol. The van der Waals surface area contributed by atoms with Gasteiger partial charge in [-0.1, -0.05) is 243 Å². The molecule has 106 heavy (non-hydrogen) atoms. The van der Waals surface area contributed by atoms with E-state index < -0.39 is 0 Å². The van der Waals surface area contributed by atoms with E-state index in [1.54, 1.807) is 0 Å². The van der Waals surface area contributed by atoms with Gasteiger partial charge in [-0.15, -0.1) is 22.7 Å². The number of benzene rings is 16. The smallest absolute Gasteiger partial charge is 0.252 e. The van der Waals surface area contributed by atoms with Crippen molar-refractivity contribution >= 4 is 212 Å². The van der Waals surface area contributed by atoms with Gasteiger partial charge in [0.2, 0.25) is 0 Å². The van der Waals surface area contributed by atoms with Crippen LogP contribution in [0.5, 0.6) is 0 Å². The number of para-hydroxylation sites is 8. The number of nitrogens with zero attached hydrogens (tertiary/aromatic N) is 6. The highest BCUT2D eigenvalue weighted by Gasteiger charge is 2.49. The second-order valence-corrected chi connectivity index (χ2v) is 29.9. The molecule has 10 heteroatoms. The van der Waals surface area contributed by atoms with E-state index in [0.29, 0.717) is 0 Å². The molecule has 18 aromatic rings. The van der Waals surface area contributed by atoms with Crippen LogP contribution in [-0.2, 0) is 0 Å². The van der Waals surface area contributed by atoms with Gasteiger partial charge in [-0.25, -0.2) is 0 Å². The molecule has 0 N–H and O–H groups in total. The molecule has 4 aliphatic rings. The van der Waals surface area contributed by atoms with Crippen molar-refractivity contribution in [3.8, 4) is 11.1 Å². The third-order valence-electron chi connectivity index (χ3n) is 22.1. The summed E-state index contributed by atoms with van der Waals surface area (Å²) in [6.45, 7) is -0.453. The van der Waals surface area contributed by atoms with Gasteiger partial charge in [-0.2, -0.15) is 0 Å². The molecule has 0 saturated heterocycles. The van der Waals surface area contributed by atoms with Gasteiger partial charge in [-0.05, 0) is 172 Å². The normalized spacial score (nSPS) is 13.0. The topological polar surface area (TPSA) is 19.4 Å². The molecule has 6 heterocycles. The molecule has 6 nitrogen and oxygen atoms in total. The molecule has 494 valence electrons. The predicted octanol–water partition coefficient (Wildman–Crippen LogP) is 23.2. The Balaban J connectivity index is 0.880. The average Bonchev–Trinajstić information content (AvgIpc) is 0.935. The molecule has 4 aliphatic heterocycles. The molecular weight excluding hydrogens is 1320 g/mol. The van der Waals surface area contributed by atoms with Crippen LogP contribution in [0.1, 0.15) is 0 Å². The Morgan fingerprint density at radius 3 is 1.17 bits per heavy atom. The van der Waals surface area contributed by atoms with E-state index in [-0.39, 0.29) is 13.4 Å². The molecule has 0 unspecified atom stereocenters. The summed E-state index contributed by atoms with van der Waals surface area (Å²) in [5, 5.41) is 5.03. The predicted molar refractivity (Wildman–Crippen MR) is 455 cm³/mol. The third kappa shape index (κ3) is 9.24. The molecule has 22 rings (SSSR count). The summed E-state index contributed by atoms with van der Waals surface area (Å²) in [6.07, 6.45) is 0. The summed E-state index contributed by atoms with van der Waals surface area (Å²) in [7, 11) is 0. The number of rotatable bonds is 11. The zero-order valence-corrected chi connectivity index (χ0v) is 59.1. The fourth-order valence-electron chi connectivity index (χ4n) is 17.8. The Bertz CT molecular complexity index is 6490. The van der Waals surface area contributed by atoms with E-state index >= 15 is 0 Å². The highest BCUT2D eigenvalue weighted by molar-refractivity contribution is 7.27. The van der Waals surface area contributed by atoms with Crippen molar-refractivity contribution in [1.82, 2.24) is 0 Å². The van der Waals surface area contributed by atoms with Gasteiger partial charge in [0.1, 0.15) is 0 Å². The summed E-state index contributed by atoms with van der Waals surface area (Å²) >= 11 is 3.76. The maximum atomic E-state index is 2.67. The Hall–Kier alpha value is -13.1. The van der Waals surface area contributed by atoms with Gasteiger partial charge in [0.15, 0.2) is 0 Å². The Labute approximate surface area is 623 Å². The number of fused-ring (bicyclic) bond motifs is 14. The molecule has 0 bridgehead atoms. The van der Waals surface area contributed by atoms with Gasteiger partial charge in [0.25, 0.3) is 13.4 Å². The second kappa shape index (κ2) is 24.3. The summed E-state index contributed by atoms with van der Waals surface area (Å²) in [5.74, 6) is 0. The summed E-state index contributed by atoms with van der Waals surface area (Å²) in [6, 6.07) is 141. The number of hydrogen-bond donors (Lipinski definition) is 0. The molecule has 0 radical (unpaired) electrons. The van der Waals surface area contributed by atoms with Crippen molar-refractivity contribution in [3.05, 3.63) is 376 Å². The maximum Gasteiger partial charge on any atom is 0.252 e. The lowest BCUT2D eigenvalue weighted by atomic mass is 9.30. The van der Waals surface area contributed by atoms with Gasteiger partial charge in [0, 0.05) is 110 Å². The molecule has 0 amide bonds. The molecule has 0 aliphatic carbocycles. The van der Waals surface area contributed by atoms with E-state index in [1.807, 2.05) is 22.7 Å². The molecule has 0 spiro atoms. The van der Waals surface area contributed by atoms with Crippen LogP contribution >= 0.6 is 22.7 Å². The van der Waals surface area contributed by atoms with Gasteiger partial charge in [0.05, 0.1) is 37.8 Å². The molecular formula is C96H62B2N6S2. The van der Waals surface area contributed by atoms with E-state index in [2.05, 4.69) is 406 Å². The fraction of sp³-hybridized carbons (Fsp3) is 0. The van der Waals surface area contributed by atoms with Gasteiger partial charge < -0.3 is 29.4 Å². The van der Waals surface area contributed by atoms with Crippen molar-refractivity contribution in [2.45, 2.75) is 0 Å². The van der Waals surface area contributed by atoms with Gasteiger partial charge in [-0.3, -0.25) is 0 Å². The first-order valence-electron chi connectivity index (χ1n) is 36.4. The Morgan fingerprint density at radius 1 is 0.226 bits per heavy atom. The van der Waals surface area contributed by atoms with E-state index in [1.165, 1.54) is 73.1 Å². The van der Waals surface area contributed by atoms with Crippen molar-refractivity contribution in [2.24, 2.45) is 0 Å². The summed E-state index contributed by atoms with van der Waals surface area (Å²) in [5.41, 5.74) is 29.6. The van der Waals surface area contributed by atoms with Crippen LogP contribution in [0.2, 0.25) is 0 Å². The van der Waals surface area contributed by atoms with Crippen LogP contribution in [0.25, 0.3) is 51.5 Å². The van der Waals surface area contributed by atoms with Crippen molar-refractivity contribution in [2.75, 3.05) is 29.4 Å². The molecule has 2 aromatic heterocycles. The van der Waals surface area contributed by atoms with Crippen LogP contribution in [-0.4, -0.2) is 13.4 Å². The molecule has 0 atom stereocenters. The first kappa shape index (κ1) is 60.5. The van der Waals surface area contributed by atoms with Crippen LogP contribution < -0.4 is 62.2 Å². The summed E-state index contributed by atoms with van der Waals surface area (Å²) < 4.78 is 5.02. The standard InChI is InChI=1S/C96H62B2N6S2/c1-7-31-63(32-8-1)71-43-19-24-50-80(71)103-86-62-85-78(61-79(86)97-76-48-22-25-51-81(76)101(67-39-15-5-16-40-67)87-57-69(58-89(103)93(87)97)99(64-33-9-2-10-34-64)65-35-11-3-12-36-65)98-77-49-23-26-52-82(77)104(84-54-30-47-75-73-45-21-28-56-92(73)106-96(75)84)90-60-70(59-88(94(90)98)102(85)68-41-17-6-18-42-68)100(66-37-13-4-14-38-66)83-53-29-46-74-72-44-20-27-55-91(72)105-95(74)83/h1-62H. The second-order valence-electron chi connectivity index (χ2n) is 27.8. The first-order valence-corrected chi connectivity index (χ1v) is 38.0. The fourth-order valence-corrected chi connectivity index (χ4v) is 20.2. The van der Waals surface area contributed by atoms with Crippen LogP contribution in [0.3, 0.4) is 0 Å². The monoisotopic (exact) mass is 1380 g/mol. The van der Waals surface area contributed by atoms with Crippen molar-refractivity contribution < 1.29 is 0 Å². The van der Waals surface area contributed by atoms with Crippen LogP contribution in [0.15, 0.2) is 376 Å². The largest absolute Gasteiger partial charge is 0.311 e. The molecule has 0 saturated carbocycles. The minimum atomic E-state index is -0.233. The van der Waals surface area contributed by atoms with Crippen LogP contribution in [0, 0.1) is 0 Å². The molecule has 0 fully saturated rings. The van der Waals surface area contributed by atoms with E-state index in [0.717, 1.165) is 113 Å². The number of anilines is 18. The first-order chi connectivity index (χ1) is 52.6. The minimum Gasteiger partial charge on any atom is -0.311 e. The minimum absolute atomic E-state index is 0.220. The lowest BCUT2D eigenvalue weighted by molar-refractivity contribution is 1.22. The highest BCUT2D eigenvalue weighted by Crippen LogP contribution is 2.55. The van der Waals surface area contributed by atoms with Crippen LogP contribution in [0.4, 0.5) is 102 Å². The maximum absolute atomic E-state index is 2.67. The molecule has 16 aromatic carbocycles. The van der Waals surface area contributed by atoms with E-state index in [9.17, 15) is 0 Å². The quantitative estimate of drug-likeness (QED) is 0.119. The van der Waals surface area contributed by atoms with E-state index in [4.69, 9.17) is 0 Å². The number of hydrogen-bond acceptors (Lipinski definition) is 8. The highest BCUT2D eigenvalue weighted by atomic mass is 32.1. The van der Waals surface area contributed by atoms with Gasteiger partial charge >= 0.3 is 0 Å². The Kier molecular flexibility index (Phi) is 13.8. The lowest BCUT2D eigenvalue weighted by Gasteiger charge is -2.48. The van der Waals surface area contributed by atoms with Crippen molar-refractivity contribution in [1.29, 1.82) is 0 Å². The summed E-state index contributed by atoms with van der Waals surface area (Å²) in [4.78, 5) is 15.4. The zero-order chi connectivity index (χ0) is 69.5. The third-order valence-corrected chi connectivity index (χ3v) is 24.5. The zero-order valence-electron chi connectivity index (χ0n) is 57.5. The lowest BCUT2D eigenvalue weighted by Crippen LogP contribution is -2.65. The van der Waals surface area contributed by atoms with Crippen molar-refractivity contribution in [3.63, 3.8) is 0 Å². The SMILES string of the molecule is c1ccc(-c2ccccc2N2c3cc4c(cc3B3c5ccccc5N(c5ccccc5)c5cc(N(c6ccccc6)c6ccccc6)cc2c53)B2c3ccccc3N(c3cccc5c3sc3ccccc35)c3cc(N(c5ccccc5)c5cccc6c5sc5ccccc56)cc(c32)N4c2ccccc2)cc1. The number of thiophene rings is 2. The Morgan fingerprint density at radius 2 is 0.604 bits per heavy atom.